The van der Waals surface area contributed by atoms with Crippen LogP contribution in [0.4, 0.5) is 4.79 Å². The van der Waals surface area contributed by atoms with Crippen molar-refractivity contribution in [3.63, 3.8) is 0 Å². The lowest BCUT2D eigenvalue weighted by atomic mass is 9.91. The Hall–Kier alpha value is -3.45. The van der Waals surface area contributed by atoms with E-state index < -0.39 is 30.1 Å². The number of urea groups is 1. The van der Waals surface area contributed by atoms with Gasteiger partial charge in [-0.3, -0.25) is 9.69 Å². The topological polar surface area (TPSA) is 128 Å². The highest BCUT2D eigenvalue weighted by molar-refractivity contribution is 14.1. The summed E-state index contributed by atoms with van der Waals surface area (Å²) in [6.45, 7) is 1.28. The number of imide groups is 1. The van der Waals surface area contributed by atoms with E-state index in [1.807, 2.05) is 55.5 Å². The van der Waals surface area contributed by atoms with Crippen molar-refractivity contribution in [2.75, 3.05) is 13.2 Å². The van der Waals surface area contributed by atoms with E-state index in [0.29, 0.717) is 27.9 Å². The number of hydrogen-bond donors (Lipinski definition) is 4. The minimum absolute atomic E-state index is 0.291. The first-order chi connectivity index (χ1) is 19.8. The Balaban J connectivity index is 1.48. The number of aliphatic hydroxyl groups is 2. The molecule has 1 saturated heterocycles. The second-order valence-corrected chi connectivity index (χ2v) is 11.4. The molecule has 1 aliphatic rings. The van der Waals surface area contributed by atoms with Crippen LogP contribution in [0.5, 0.6) is 5.75 Å². The zero-order valence-corrected chi connectivity index (χ0v) is 24.9. The summed E-state index contributed by atoms with van der Waals surface area (Å²) in [5.74, 6) is 0.173. The number of aliphatic hydroxyl groups excluding tert-OH is 2. The van der Waals surface area contributed by atoms with Crippen LogP contribution in [0.15, 0.2) is 79.0 Å². The van der Waals surface area contributed by atoms with Crippen molar-refractivity contribution >= 4 is 46.1 Å². The summed E-state index contributed by atoms with van der Waals surface area (Å²) >= 11 is 8.71. The molecule has 4 aromatic rings. The standard InChI is InChI=1S/C30H28ClIN4O5/c1-17(18-5-3-2-4-6-18)27(28-33-14-25(34-28)23-12-9-20(32)13-24(23)31)36-29(39)26(35-30(36)40)19-7-10-21(11-8-19)41-22(15-37)16-38/h2-14,17,22,26-27,37-38H,15-16H2,1H3,(H,33,34)(H,35,40)/t17-,26+,27-/m0/s1. The third-order valence-electron chi connectivity index (χ3n) is 7.07. The maximum absolute atomic E-state index is 13.9. The van der Waals surface area contributed by atoms with Gasteiger partial charge in [-0.1, -0.05) is 67.1 Å². The molecule has 4 N–H and O–H groups in total. The van der Waals surface area contributed by atoms with Gasteiger partial charge in [0.25, 0.3) is 5.91 Å². The summed E-state index contributed by atoms with van der Waals surface area (Å²) in [4.78, 5) is 36.5. The Morgan fingerprint density at radius 2 is 1.76 bits per heavy atom. The van der Waals surface area contributed by atoms with E-state index in [0.717, 1.165) is 14.7 Å². The van der Waals surface area contributed by atoms with Crippen LogP contribution in [0.3, 0.4) is 0 Å². The van der Waals surface area contributed by atoms with Crippen molar-refractivity contribution in [3.05, 3.63) is 105 Å². The van der Waals surface area contributed by atoms with Crippen molar-refractivity contribution in [1.29, 1.82) is 0 Å². The van der Waals surface area contributed by atoms with Gasteiger partial charge in [0.15, 0.2) is 0 Å². The second kappa shape index (κ2) is 12.6. The Kier molecular flexibility index (Phi) is 8.93. The zero-order valence-electron chi connectivity index (χ0n) is 22.0. The lowest BCUT2D eigenvalue weighted by Crippen LogP contribution is -2.38. The van der Waals surface area contributed by atoms with Crippen LogP contribution >= 0.6 is 34.2 Å². The van der Waals surface area contributed by atoms with Crippen LogP contribution in [0, 0.1) is 3.57 Å². The van der Waals surface area contributed by atoms with Gasteiger partial charge in [-0.05, 0) is 58.0 Å². The lowest BCUT2D eigenvalue weighted by molar-refractivity contribution is -0.129. The normalized spacial score (nSPS) is 16.6. The molecular weight excluding hydrogens is 659 g/mol. The van der Waals surface area contributed by atoms with Crippen molar-refractivity contribution in [1.82, 2.24) is 20.2 Å². The van der Waals surface area contributed by atoms with E-state index >= 15 is 0 Å². The Morgan fingerprint density at radius 3 is 2.41 bits per heavy atom. The molecule has 3 amide bonds. The number of hydrogen-bond acceptors (Lipinski definition) is 6. The number of aromatic nitrogens is 2. The van der Waals surface area contributed by atoms with Crippen LogP contribution in [-0.4, -0.2) is 56.3 Å². The average Bonchev–Trinajstić information content (AvgIpc) is 3.57. The molecule has 0 aliphatic carbocycles. The average molecular weight is 687 g/mol. The second-order valence-electron chi connectivity index (χ2n) is 9.72. The zero-order chi connectivity index (χ0) is 29.1. The first-order valence-corrected chi connectivity index (χ1v) is 14.4. The molecule has 0 bridgehead atoms. The van der Waals surface area contributed by atoms with E-state index in [2.05, 4.69) is 37.9 Å². The van der Waals surface area contributed by atoms with Crippen LogP contribution < -0.4 is 10.1 Å². The fraction of sp³-hybridized carbons (Fsp3) is 0.233. The van der Waals surface area contributed by atoms with Gasteiger partial charge < -0.3 is 25.3 Å². The maximum Gasteiger partial charge on any atom is 0.325 e. The largest absolute Gasteiger partial charge is 0.486 e. The summed E-state index contributed by atoms with van der Waals surface area (Å²) in [5, 5.41) is 21.9. The molecule has 0 unspecified atom stereocenters. The predicted octanol–water partition coefficient (Wildman–Crippen LogP) is 5.20. The van der Waals surface area contributed by atoms with Gasteiger partial charge in [-0.2, -0.15) is 0 Å². The minimum atomic E-state index is -0.909. The summed E-state index contributed by atoms with van der Waals surface area (Å²) in [7, 11) is 0. The van der Waals surface area contributed by atoms with E-state index in [4.69, 9.17) is 16.3 Å². The maximum atomic E-state index is 13.9. The molecular formula is C30H28ClIN4O5. The molecule has 11 heteroatoms. The molecule has 1 aliphatic heterocycles. The molecule has 0 spiro atoms. The fourth-order valence-electron chi connectivity index (χ4n) is 4.90. The number of ether oxygens (including phenoxy) is 1. The van der Waals surface area contributed by atoms with E-state index in [9.17, 15) is 19.8 Å². The third kappa shape index (κ3) is 6.10. The number of rotatable bonds is 10. The van der Waals surface area contributed by atoms with Gasteiger partial charge in [-0.25, -0.2) is 9.78 Å². The molecule has 3 atom stereocenters. The number of aromatic amines is 1. The molecule has 9 nitrogen and oxygen atoms in total. The molecule has 1 fully saturated rings. The van der Waals surface area contributed by atoms with Crippen LogP contribution in [0.1, 0.15) is 41.9 Å². The van der Waals surface area contributed by atoms with Crippen LogP contribution in [0.2, 0.25) is 5.02 Å². The van der Waals surface area contributed by atoms with Gasteiger partial charge in [0.2, 0.25) is 0 Å². The van der Waals surface area contributed by atoms with Gasteiger partial charge in [0.1, 0.15) is 29.8 Å². The molecule has 2 heterocycles. The molecule has 0 radical (unpaired) electrons. The quantitative estimate of drug-likeness (QED) is 0.134. The molecule has 3 aromatic carbocycles. The van der Waals surface area contributed by atoms with Gasteiger partial charge >= 0.3 is 6.03 Å². The SMILES string of the molecule is C[C@@H](c1ccccc1)[C@@H](c1ncc(-c2ccc(I)cc2Cl)[nH]1)N1C(=O)N[C@H](c2ccc(OC(CO)CO)cc2)C1=O. The van der Waals surface area contributed by atoms with Gasteiger partial charge in [0, 0.05) is 15.1 Å². The van der Waals surface area contributed by atoms with Crippen LogP contribution in [-0.2, 0) is 4.79 Å². The van der Waals surface area contributed by atoms with Crippen molar-refractivity contribution in [3.8, 4) is 17.0 Å². The minimum Gasteiger partial charge on any atom is -0.486 e. The highest BCUT2D eigenvalue weighted by atomic mass is 127. The first-order valence-electron chi connectivity index (χ1n) is 13.0. The number of H-pyrrole nitrogens is 1. The van der Waals surface area contributed by atoms with Crippen molar-refractivity contribution in [2.24, 2.45) is 0 Å². The predicted molar refractivity (Wildman–Crippen MR) is 162 cm³/mol. The van der Waals surface area contributed by atoms with Gasteiger partial charge in [0.05, 0.1) is 30.1 Å². The Labute approximate surface area is 255 Å². The molecule has 0 saturated carbocycles. The van der Waals surface area contributed by atoms with E-state index in [1.54, 1.807) is 30.5 Å². The van der Waals surface area contributed by atoms with Crippen LogP contribution in [0.25, 0.3) is 11.3 Å². The summed E-state index contributed by atoms with van der Waals surface area (Å²) in [6, 6.07) is 19.8. The summed E-state index contributed by atoms with van der Waals surface area (Å²) < 4.78 is 6.52. The first kappa shape index (κ1) is 29.1. The monoisotopic (exact) mass is 686 g/mol. The van der Waals surface area contributed by atoms with Crippen molar-refractivity contribution < 1.29 is 24.5 Å². The number of amides is 3. The summed E-state index contributed by atoms with van der Waals surface area (Å²) in [6.07, 6.45) is 0.909. The highest BCUT2D eigenvalue weighted by Gasteiger charge is 2.46. The van der Waals surface area contributed by atoms with E-state index in [1.165, 1.54) is 4.90 Å². The van der Waals surface area contributed by atoms with Crippen molar-refractivity contribution in [2.45, 2.75) is 31.0 Å². The molecule has 41 heavy (non-hydrogen) atoms. The Morgan fingerprint density at radius 1 is 1.05 bits per heavy atom. The molecule has 1 aromatic heterocycles. The lowest BCUT2D eigenvalue weighted by Gasteiger charge is -2.29. The fourth-order valence-corrected chi connectivity index (χ4v) is 5.86. The molecule has 5 rings (SSSR count). The molecule has 212 valence electrons. The summed E-state index contributed by atoms with van der Waals surface area (Å²) in [5.41, 5.74) is 2.95. The third-order valence-corrected chi connectivity index (χ3v) is 8.05. The number of carbonyl (C=O) groups excluding carboxylic acids is 2. The number of nitrogens with zero attached hydrogens (tertiary/aromatic N) is 2. The van der Waals surface area contributed by atoms with E-state index in [-0.39, 0.29) is 19.1 Å². The highest BCUT2D eigenvalue weighted by Crippen LogP contribution is 2.40. The number of carbonyl (C=O) groups is 2. The van der Waals surface area contributed by atoms with Gasteiger partial charge in [-0.15, -0.1) is 0 Å². The number of imidazole rings is 1. The smallest absolute Gasteiger partial charge is 0.325 e. The number of nitrogens with one attached hydrogen (secondary N) is 2. The Bertz CT molecular complexity index is 1530. The number of benzene rings is 3. The number of halogens is 2.